The molecule has 0 spiro atoms. The van der Waals surface area contributed by atoms with Crippen LogP contribution in [0.15, 0.2) is 18.2 Å². The van der Waals surface area contributed by atoms with Gasteiger partial charge in [0.25, 0.3) is 5.91 Å². The number of benzene rings is 1. The Morgan fingerprint density at radius 2 is 2.10 bits per heavy atom. The van der Waals surface area contributed by atoms with E-state index in [2.05, 4.69) is 0 Å². The molecule has 21 heavy (non-hydrogen) atoms. The third-order valence-electron chi connectivity index (χ3n) is 3.47. The molecule has 1 saturated heterocycles. The Labute approximate surface area is 127 Å². The van der Waals surface area contributed by atoms with Gasteiger partial charge in [-0.2, -0.15) is 0 Å². The zero-order chi connectivity index (χ0) is 14.8. The van der Waals surface area contributed by atoms with Crippen molar-refractivity contribution in [2.24, 2.45) is 5.73 Å². The largest absolute Gasteiger partial charge is 0.486 e. The van der Waals surface area contributed by atoms with E-state index in [0.29, 0.717) is 50.0 Å². The Morgan fingerprint density at radius 3 is 2.90 bits per heavy atom. The number of hydrogen-bond donors (Lipinski definition) is 1. The SMILES string of the molecule is NC(=S)C1CN(C(=O)c2cccc3c2OCCO3)CCO1. The summed E-state index contributed by atoms with van der Waals surface area (Å²) in [5, 5.41) is 0. The van der Waals surface area contributed by atoms with Crippen molar-refractivity contribution in [2.75, 3.05) is 32.9 Å². The summed E-state index contributed by atoms with van der Waals surface area (Å²) in [6.45, 7) is 2.21. The van der Waals surface area contributed by atoms with Crippen molar-refractivity contribution in [3.8, 4) is 11.5 Å². The molecule has 2 aliphatic rings. The second-order valence-corrected chi connectivity index (χ2v) is 5.31. The highest BCUT2D eigenvalue weighted by atomic mass is 32.1. The molecule has 112 valence electrons. The second kappa shape index (κ2) is 5.87. The Kier molecular flexibility index (Phi) is 3.94. The van der Waals surface area contributed by atoms with Gasteiger partial charge in [0.05, 0.1) is 18.7 Å². The Morgan fingerprint density at radius 1 is 1.29 bits per heavy atom. The van der Waals surface area contributed by atoms with Crippen molar-refractivity contribution >= 4 is 23.1 Å². The molecule has 0 saturated carbocycles. The standard InChI is InChI=1S/C14H16N2O4S/c15-13(21)11-8-16(4-5-18-11)14(17)9-2-1-3-10-12(9)20-7-6-19-10/h1-3,11H,4-8H2,(H2,15,21). The smallest absolute Gasteiger partial charge is 0.257 e. The Hall–Kier alpha value is -1.86. The summed E-state index contributed by atoms with van der Waals surface area (Å²) in [6.07, 6.45) is -0.394. The molecule has 1 unspecified atom stereocenters. The number of morpholine rings is 1. The minimum Gasteiger partial charge on any atom is -0.486 e. The summed E-state index contributed by atoms with van der Waals surface area (Å²) < 4.78 is 16.5. The van der Waals surface area contributed by atoms with Crippen molar-refractivity contribution in [3.63, 3.8) is 0 Å². The van der Waals surface area contributed by atoms with Gasteiger partial charge >= 0.3 is 0 Å². The van der Waals surface area contributed by atoms with Crippen LogP contribution in [0.1, 0.15) is 10.4 Å². The molecule has 0 aromatic heterocycles. The monoisotopic (exact) mass is 308 g/mol. The quantitative estimate of drug-likeness (QED) is 0.806. The number of carbonyl (C=O) groups is 1. The molecular formula is C14H16N2O4S. The van der Waals surface area contributed by atoms with Gasteiger partial charge in [-0.1, -0.05) is 18.3 Å². The predicted octanol–water partition coefficient (Wildman–Crippen LogP) is 0.585. The summed E-state index contributed by atoms with van der Waals surface area (Å²) in [7, 11) is 0. The van der Waals surface area contributed by atoms with Crippen LogP contribution >= 0.6 is 12.2 Å². The predicted molar refractivity (Wildman–Crippen MR) is 79.9 cm³/mol. The van der Waals surface area contributed by atoms with Crippen molar-refractivity contribution in [2.45, 2.75) is 6.10 Å². The van der Waals surface area contributed by atoms with E-state index in [4.69, 9.17) is 32.2 Å². The highest BCUT2D eigenvalue weighted by molar-refractivity contribution is 7.80. The lowest BCUT2D eigenvalue weighted by Crippen LogP contribution is -2.50. The van der Waals surface area contributed by atoms with Crippen LogP contribution in [0.4, 0.5) is 0 Å². The second-order valence-electron chi connectivity index (χ2n) is 4.84. The van der Waals surface area contributed by atoms with Gasteiger partial charge in [0.2, 0.25) is 0 Å². The zero-order valence-corrected chi connectivity index (χ0v) is 12.2. The van der Waals surface area contributed by atoms with Crippen LogP contribution in [-0.2, 0) is 4.74 Å². The van der Waals surface area contributed by atoms with Gasteiger partial charge in [-0.05, 0) is 12.1 Å². The van der Waals surface area contributed by atoms with Crippen LogP contribution < -0.4 is 15.2 Å². The number of carbonyl (C=O) groups excluding carboxylic acids is 1. The maximum absolute atomic E-state index is 12.7. The van der Waals surface area contributed by atoms with Crippen LogP contribution in [0, 0.1) is 0 Å². The summed E-state index contributed by atoms with van der Waals surface area (Å²) in [5.41, 5.74) is 6.10. The Balaban J connectivity index is 1.83. The molecule has 2 aliphatic heterocycles. The lowest BCUT2D eigenvalue weighted by atomic mass is 10.1. The molecule has 0 aliphatic carbocycles. The molecule has 2 N–H and O–H groups in total. The highest BCUT2D eigenvalue weighted by Crippen LogP contribution is 2.34. The van der Waals surface area contributed by atoms with E-state index in [0.717, 1.165) is 0 Å². The number of nitrogens with two attached hydrogens (primary N) is 1. The van der Waals surface area contributed by atoms with Crippen molar-refractivity contribution < 1.29 is 19.0 Å². The molecule has 2 heterocycles. The molecule has 3 rings (SSSR count). The molecule has 0 radical (unpaired) electrons. The van der Waals surface area contributed by atoms with Gasteiger partial charge < -0.3 is 24.8 Å². The first-order valence-corrected chi connectivity index (χ1v) is 7.16. The topological polar surface area (TPSA) is 74.0 Å². The molecule has 1 aromatic carbocycles. The van der Waals surface area contributed by atoms with Crippen molar-refractivity contribution in [1.29, 1.82) is 0 Å². The van der Waals surface area contributed by atoms with Gasteiger partial charge in [-0.3, -0.25) is 4.79 Å². The fourth-order valence-corrected chi connectivity index (χ4v) is 2.56. The fraction of sp³-hybridized carbons (Fsp3) is 0.429. The normalized spacial score (nSPS) is 21.0. The third kappa shape index (κ3) is 2.79. The van der Waals surface area contributed by atoms with Gasteiger partial charge in [0, 0.05) is 6.54 Å². The lowest BCUT2D eigenvalue weighted by Gasteiger charge is -2.33. The molecule has 1 aromatic rings. The first kappa shape index (κ1) is 14.1. The van der Waals surface area contributed by atoms with Crippen LogP contribution in [0.3, 0.4) is 0 Å². The van der Waals surface area contributed by atoms with Crippen LogP contribution in [0.2, 0.25) is 0 Å². The van der Waals surface area contributed by atoms with E-state index in [1.807, 2.05) is 0 Å². The first-order chi connectivity index (χ1) is 10.2. The van der Waals surface area contributed by atoms with Crippen molar-refractivity contribution in [1.82, 2.24) is 4.90 Å². The molecule has 0 bridgehead atoms. The van der Waals surface area contributed by atoms with E-state index in [1.54, 1.807) is 23.1 Å². The van der Waals surface area contributed by atoms with E-state index in [-0.39, 0.29) is 10.9 Å². The fourth-order valence-electron chi connectivity index (χ4n) is 2.42. The molecule has 1 amide bonds. The summed E-state index contributed by atoms with van der Waals surface area (Å²) in [6, 6.07) is 5.32. The van der Waals surface area contributed by atoms with Crippen molar-refractivity contribution in [3.05, 3.63) is 23.8 Å². The van der Waals surface area contributed by atoms with E-state index < -0.39 is 6.10 Å². The molecule has 1 atom stereocenters. The molecular weight excluding hydrogens is 292 g/mol. The van der Waals surface area contributed by atoms with Gasteiger partial charge in [0.1, 0.15) is 24.3 Å². The highest BCUT2D eigenvalue weighted by Gasteiger charge is 2.29. The minimum absolute atomic E-state index is 0.123. The number of amides is 1. The molecule has 7 heteroatoms. The third-order valence-corrected chi connectivity index (χ3v) is 3.73. The number of rotatable bonds is 2. The number of para-hydroxylation sites is 1. The number of fused-ring (bicyclic) bond motifs is 1. The average molecular weight is 308 g/mol. The Bertz CT molecular complexity index is 578. The minimum atomic E-state index is -0.394. The van der Waals surface area contributed by atoms with Crippen LogP contribution in [0.25, 0.3) is 0 Å². The summed E-state index contributed by atoms with van der Waals surface area (Å²) in [5.74, 6) is 0.986. The maximum atomic E-state index is 12.7. The number of hydrogen-bond acceptors (Lipinski definition) is 5. The van der Waals surface area contributed by atoms with Crippen LogP contribution in [0.5, 0.6) is 11.5 Å². The van der Waals surface area contributed by atoms with Crippen LogP contribution in [-0.4, -0.2) is 54.8 Å². The van der Waals surface area contributed by atoms with E-state index in [9.17, 15) is 4.79 Å². The zero-order valence-electron chi connectivity index (χ0n) is 11.4. The van der Waals surface area contributed by atoms with Gasteiger partial charge in [-0.25, -0.2) is 0 Å². The molecule has 1 fully saturated rings. The average Bonchev–Trinajstić information content (AvgIpc) is 2.53. The van der Waals surface area contributed by atoms with E-state index in [1.165, 1.54) is 0 Å². The maximum Gasteiger partial charge on any atom is 0.257 e. The summed E-state index contributed by atoms with van der Waals surface area (Å²) >= 11 is 4.94. The van der Waals surface area contributed by atoms with Gasteiger partial charge in [0.15, 0.2) is 11.5 Å². The number of nitrogens with zero attached hydrogens (tertiary/aromatic N) is 1. The summed E-state index contributed by atoms with van der Waals surface area (Å²) in [4.78, 5) is 14.6. The van der Waals surface area contributed by atoms with E-state index >= 15 is 0 Å². The first-order valence-electron chi connectivity index (χ1n) is 6.75. The lowest BCUT2D eigenvalue weighted by molar-refractivity contribution is 0.00848. The van der Waals surface area contributed by atoms with Gasteiger partial charge in [-0.15, -0.1) is 0 Å². The number of ether oxygens (including phenoxy) is 3. The molecule has 6 nitrogen and oxygen atoms in total. The number of thiocarbonyl (C=S) groups is 1.